The minimum absolute atomic E-state index is 0. The Hall–Kier alpha value is -0.0400. The lowest BCUT2D eigenvalue weighted by Gasteiger charge is -2.59. The molecular weight excluding hydrogens is 341 g/mol. The molecule has 2 N–H and O–H groups in total. The van der Waals surface area contributed by atoms with E-state index in [-0.39, 0.29) is 35.0 Å². The van der Waals surface area contributed by atoms with E-state index in [1.807, 2.05) is 7.05 Å². The molecule has 1 aliphatic carbocycles. The number of guanidine groups is 1. The normalized spacial score (nSPS) is 30.1. The summed E-state index contributed by atoms with van der Waals surface area (Å²) in [4.78, 5) is 4.24. The second kappa shape index (κ2) is 6.93. The number of ether oxygens (including phenoxy) is 1. The van der Waals surface area contributed by atoms with E-state index in [0.29, 0.717) is 6.04 Å². The number of nitrogens with one attached hydrogen (secondary N) is 2. The van der Waals surface area contributed by atoms with Crippen molar-refractivity contribution in [2.24, 2.45) is 10.4 Å². The number of nitrogens with zero attached hydrogens (tertiary/aromatic N) is 1. The van der Waals surface area contributed by atoms with Gasteiger partial charge in [0.2, 0.25) is 0 Å². The number of hydrogen-bond acceptors (Lipinski definition) is 2. The van der Waals surface area contributed by atoms with Crippen molar-refractivity contribution in [3.05, 3.63) is 0 Å². The second-order valence-corrected chi connectivity index (χ2v) is 5.56. The van der Waals surface area contributed by atoms with Crippen LogP contribution in [0.1, 0.15) is 40.5 Å². The third kappa shape index (κ3) is 3.29. The quantitative estimate of drug-likeness (QED) is 0.455. The van der Waals surface area contributed by atoms with Crippen LogP contribution in [0.4, 0.5) is 0 Å². The van der Waals surface area contributed by atoms with Gasteiger partial charge in [0.05, 0.1) is 5.60 Å². The average Bonchev–Trinajstić information content (AvgIpc) is 2.32. The molecule has 0 spiro atoms. The number of aliphatic imine (C=N–C) groups is 1. The van der Waals surface area contributed by atoms with Crippen LogP contribution < -0.4 is 10.6 Å². The molecule has 0 aromatic heterocycles. The van der Waals surface area contributed by atoms with Crippen LogP contribution in [0.5, 0.6) is 0 Å². The Balaban J connectivity index is 0.00000289. The van der Waals surface area contributed by atoms with Gasteiger partial charge in [0, 0.05) is 32.2 Å². The zero-order valence-corrected chi connectivity index (χ0v) is 14.8. The lowest BCUT2D eigenvalue weighted by molar-refractivity contribution is -0.176. The van der Waals surface area contributed by atoms with Gasteiger partial charge in [-0.25, -0.2) is 0 Å². The van der Waals surface area contributed by atoms with Crippen LogP contribution >= 0.6 is 24.0 Å². The summed E-state index contributed by atoms with van der Waals surface area (Å²) in [5.41, 5.74) is 0.0832. The van der Waals surface area contributed by atoms with Crippen LogP contribution in [0.2, 0.25) is 0 Å². The number of methoxy groups -OCH3 is 1. The molecule has 1 aliphatic rings. The predicted molar refractivity (Wildman–Crippen MR) is 87.8 cm³/mol. The summed E-state index contributed by atoms with van der Waals surface area (Å²) in [7, 11) is 3.61. The SMILES string of the molecule is CCCNC(=NC)NC1CC(C)(OC)C1(C)C.I. The van der Waals surface area contributed by atoms with Gasteiger partial charge < -0.3 is 15.4 Å². The highest BCUT2D eigenvalue weighted by molar-refractivity contribution is 14.0. The molecule has 0 aliphatic heterocycles. The number of rotatable bonds is 4. The third-order valence-corrected chi connectivity index (χ3v) is 4.36. The van der Waals surface area contributed by atoms with Gasteiger partial charge in [-0.3, -0.25) is 4.99 Å². The Kier molecular flexibility index (Phi) is 6.92. The minimum Gasteiger partial charge on any atom is -0.378 e. The molecule has 2 unspecified atom stereocenters. The molecule has 1 rings (SSSR count). The molecule has 1 fully saturated rings. The van der Waals surface area contributed by atoms with E-state index >= 15 is 0 Å². The molecule has 18 heavy (non-hydrogen) atoms. The van der Waals surface area contributed by atoms with Crippen LogP contribution in [0, 0.1) is 5.41 Å². The fraction of sp³-hybridized carbons (Fsp3) is 0.923. The zero-order chi connectivity index (χ0) is 13.1. The van der Waals surface area contributed by atoms with E-state index < -0.39 is 0 Å². The Labute approximate surface area is 128 Å². The summed E-state index contributed by atoms with van der Waals surface area (Å²) < 4.78 is 5.62. The van der Waals surface area contributed by atoms with E-state index in [1.54, 1.807) is 7.11 Å². The fourth-order valence-corrected chi connectivity index (χ4v) is 2.33. The molecule has 1 saturated carbocycles. The van der Waals surface area contributed by atoms with Gasteiger partial charge >= 0.3 is 0 Å². The van der Waals surface area contributed by atoms with Crippen LogP contribution in [0.3, 0.4) is 0 Å². The average molecular weight is 369 g/mol. The first kappa shape index (κ1) is 18.0. The van der Waals surface area contributed by atoms with Crippen LogP contribution in [0.25, 0.3) is 0 Å². The maximum atomic E-state index is 5.62. The smallest absolute Gasteiger partial charge is 0.191 e. The van der Waals surface area contributed by atoms with E-state index in [1.165, 1.54) is 0 Å². The standard InChI is InChI=1S/C13H27N3O.HI/c1-7-8-15-11(14-5)16-10-9-13(4,17-6)12(10,2)3;/h10H,7-9H2,1-6H3,(H2,14,15,16);1H. The van der Waals surface area contributed by atoms with Crippen molar-refractivity contribution < 1.29 is 4.74 Å². The summed E-state index contributed by atoms with van der Waals surface area (Å²) in [6.45, 7) is 9.76. The summed E-state index contributed by atoms with van der Waals surface area (Å²) in [6, 6.07) is 0.413. The van der Waals surface area contributed by atoms with Crippen LogP contribution in [0.15, 0.2) is 4.99 Å². The van der Waals surface area contributed by atoms with Crippen molar-refractivity contribution in [1.82, 2.24) is 10.6 Å². The Morgan fingerprint density at radius 2 is 2.00 bits per heavy atom. The molecule has 0 aromatic carbocycles. The molecule has 0 heterocycles. The minimum atomic E-state index is -0.0335. The van der Waals surface area contributed by atoms with Crippen molar-refractivity contribution in [1.29, 1.82) is 0 Å². The van der Waals surface area contributed by atoms with Crippen molar-refractivity contribution in [2.75, 3.05) is 20.7 Å². The Morgan fingerprint density at radius 1 is 1.39 bits per heavy atom. The maximum absolute atomic E-state index is 5.62. The van der Waals surface area contributed by atoms with Gasteiger partial charge in [-0.15, -0.1) is 24.0 Å². The second-order valence-electron chi connectivity index (χ2n) is 5.56. The van der Waals surface area contributed by atoms with E-state index in [2.05, 4.69) is 43.3 Å². The molecule has 0 aromatic rings. The van der Waals surface area contributed by atoms with Gasteiger partial charge in [0.1, 0.15) is 0 Å². The number of halogens is 1. The van der Waals surface area contributed by atoms with Crippen molar-refractivity contribution in [2.45, 2.75) is 52.2 Å². The van der Waals surface area contributed by atoms with Crippen LogP contribution in [-0.4, -0.2) is 38.3 Å². The third-order valence-electron chi connectivity index (χ3n) is 4.36. The highest BCUT2D eigenvalue weighted by atomic mass is 127. The van der Waals surface area contributed by atoms with E-state index in [9.17, 15) is 0 Å². The first-order valence-corrected chi connectivity index (χ1v) is 6.43. The van der Waals surface area contributed by atoms with E-state index in [0.717, 1.165) is 25.3 Å². The molecule has 0 amide bonds. The lowest BCUT2D eigenvalue weighted by atomic mass is 9.56. The number of hydrogen-bond donors (Lipinski definition) is 2. The van der Waals surface area contributed by atoms with Gasteiger partial charge in [-0.1, -0.05) is 20.8 Å². The predicted octanol–water partition coefficient (Wildman–Crippen LogP) is 2.38. The highest BCUT2D eigenvalue weighted by Crippen LogP contribution is 2.51. The maximum Gasteiger partial charge on any atom is 0.191 e. The molecular formula is C13H28IN3O. The first-order valence-electron chi connectivity index (χ1n) is 6.43. The van der Waals surface area contributed by atoms with Gasteiger partial charge in [0.25, 0.3) is 0 Å². The van der Waals surface area contributed by atoms with Gasteiger partial charge in [-0.05, 0) is 19.8 Å². The molecule has 4 nitrogen and oxygen atoms in total. The Morgan fingerprint density at radius 3 is 2.39 bits per heavy atom. The molecule has 0 radical (unpaired) electrons. The van der Waals surface area contributed by atoms with Crippen molar-refractivity contribution in [3.63, 3.8) is 0 Å². The van der Waals surface area contributed by atoms with Gasteiger partial charge in [0.15, 0.2) is 5.96 Å². The summed E-state index contributed by atoms with van der Waals surface area (Å²) in [5, 5.41) is 6.78. The Bertz CT molecular complexity index is 294. The molecule has 108 valence electrons. The molecule has 0 bridgehead atoms. The molecule has 2 atom stereocenters. The summed E-state index contributed by atoms with van der Waals surface area (Å²) in [5.74, 6) is 0.892. The fourth-order valence-electron chi connectivity index (χ4n) is 2.33. The first-order chi connectivity index (χ1) is 7.91. The largest absolute Gasteiger partial charge is 0.378 e. The monoisotopic (exact) mass is 369 g/mol. The van der Waals surface area contributed by atoms with E-state index in [4.69, 9.17) is 4.74 Å². The summed E-state index contributed by atoms with van der Waals surface area (Å²) >= 11 is 0. The topological polar surface area (TPSA) is 45.7 Å². The highest BCUT2D eigenvalue weighted by Gasteiger charge is 2.57. The zero-order valence-electron chi connectivity index (χ0n) is 12.5. The molecule has 5 heteroatoms. The van der Waals surface area contributed by atoms with Crippen molar-refractivity contribution in [3.8, 4) is 0 Å². The van der Waals surface area contributed by atoms with Crippen molar-refractivity contribution >= 4 is 29.9 Å². The van der Waals surface area contributed by atoms with Gasteiger partial charge in [-0.2, -0.15) is 0 Å². The molecule has 0 saturated heterocycles. The lowest BCUT2D eigenvalue weighted by Crippen LogP contribution is -2.69. The van der Waals surface area contributed by atoms with Crippen LogP contribution in [-0.2, 0) is 4.74 Å². The summed E-state index contributed by atoms with van der Waals surface area (Å²) in [6.07, 6.45) is 2.12.